The highest BCUT2D eigenvalue weighted by molar-refractivity contribution is 6.90. The van der Waals surface area contributed by atoms with E-state index in [1.807, 2.05) is 6.07 Å². The van der Waals surface area contributed by atoms with Crippen molar-refractivity contribution in [3.63, 3.8) is 0 Å². The van der Waals surface area contributed by atoms with Gasteiger partial charge in [0.1, 0.15) is 26.0 Å². The Labute approximate surface area is 216 Å². The molecule has 2 rings (SSSR count). The van der Waals surface area contributed by atoms with Crippen molar-refractivity contribution in [1.29, 1.82) is 0 Å². The highest BCUT2D eigenvalue weighted by Gasteiger charge is 2.41. The van der Waals surface area contributed by atoms with Crippen molar-refractivity contribution >= 4 is 31.0 Å². The number of hydrogen-bond acceptors (Lipinski definition) is 5. The van der Waals surface area contributed by atoms with Crippen LogP contribution in [0.15, 0.2) is 18.3 Å². The van der Waals surface area contributed by atoms with E-state index in [1.165, 1.54) is 7.11 Å². The molecule has 0 atom stereocenters. The Balaban J connectivity index is 2.46. The van der Waals surface area contributed by atoms with Gasteiger partial charge in [-0.15, -0.1) is 5.54 Å². The fraction of sp³-hybridized carbons (Fsp3) is 0.571. The second-order valence-electron chi connectivity index (χ2n) is 11.0. The summed E-state index contributed by atoms with van der Waals surface area (Å²) in [6.45, 7) is 19.4. The molecule has 8 heteroatoms. The van der Waals surface area contributed by atoms with Gasteiger partial charge in [0.25, 0.3) is 0 Å². The number of rotatable bonds is 8. The molecule has 2 N–H and O–H groups in total. The summed E-state index contributed by atoms with van der Waals surface area (Å²) in [5.41, 5.74) is 6.30. The Hall–Kier alpha value is -2.92. The van der Waals surface area contributed by atoms with E-state index in [-0.39, 0.29) is 13.2 Å². The first-order valence-electron chi connectivity index (χ1n) is 12.6. The van der Waals surface area contributed by atoms with Crippen LogP contribution in [0.2, 0.25) is 16.6 Å². The quantitative estimate of drug-likeness (QED) is 0.183. The molecule has 0 radical (unpaired) electrons. The summed E-state index contributed by atoms with van der Waals surface area (Å²) < 4.78 is 16.3. The molecule has 1 aromatic carbocycles. The monoisotopic (exact) mass is 514 g/mol. The Bertz CT molecular complexity index is 1110. The van der Waals surface area contributed by atoms with E-state index < -0.39 is 25.7 Å². The molecule has 198 valence electrons. The molecule has 0 spiro atoms. The van der Waals surface area contributed by atoms with Crippen molar-refractivity contribution in [2.75, 3.05) is 20.3 Å². The molecule has 0 unspecified atom stereocenters. The number of H-pyrrole nitrogens is 1. The predicted molar refractivity (Wildman–Crippen MR) is 147 cm³/mol. The number of carbonyl (C=O) groups excluding carboxylic acids is 2. The molecule has 1 aromatic heterocycles. The minimum absolute atomic E-state index is 0.197. The molecule has 7 nitrogen and oxygen atoms in total. The lowest BCUT2D eigenvalue weighted by molar-refractivity contribution is 0.0519. The summed E-state index contributed by atoms with van der Waals surface area (Å²) in [5.74, 6) is 3.46. The van der Waals surface area contributed by atoms with Crippen molar-refractivity contribution < 1.29 is 23.8 Å². The summed E-state index contributed by atoms with van der Waals surface area (Å²) in [4.78, 5) is 27.9. The van der Waals surface area contributed by atoms with Crippen molar-refractivity contribution in [3.05, 3.63) is 29.5 Å². The Morgan fingerprint density at radius 1 is 1.08 bits per heavy atom. The molecule has 0 aliphatic heterocycles. The molecular formula is C28H42N2O5Si. The highest BCUT2D eigenvalue weighted by atomic mass is 28.3. The Morgan fingerprint density at radius 3 is 2.22 bits per heavy atom. The fourth-order valence-electron chi connectivity index (χ4n) is 4.95. The number of esters is 1. The van der Waals surface area contributed by atoms with Crippen LogP contribution in [0.4, 0.5) is 4.79 Å². The Morgan fingerprint density at radius 2 is 1.69 bits per heavy atom. The summed E-state index contributed by atoms with van der Waals surface area (Å²) in [6, 6.07) is 3.58. The third kappa shape index (κ3) is 6.64. The van der Waals surface area contributed by atoms with Gasteiger partial charge in [-0.25, -0.2) is 9.59 Å². The molecule has 36 heavy (non-hydrogen) atoms. The zero-order valence-electron chi connectivity index (χ0n) is 23.4. The van der Waals surface area contributed by atoms with Crippen molar-refractivity contribution in [2.24, 2.45) is 0 Å². The molecule has 0 aliphatic carbocycles. The molecule has 0 saturated heterocycles. The van der Waals surface area contributed by atoms with Crippen LogP contribution < -0.4 is 10.1 Å². The Kier molecular flexibility index (Phi) is 9.67. The molecule has 0 saturated carbocycles. The summed E-state index contributed by atoms with van der Waals surface area (Å²) in [5, 5.41) is 3.48. The maximum absolute atomic E-state index is 12.8. The summed E-state index contributed by atoms with van der Waals surface area (Å²) >= 11 is 0. The summed E-state index contributed by atoms with van der Waals surface area (Å²) in [7, 11) is -0.657. The van der Waals surface area contributed by atoms with Crippen LogP contribution in [0.3, 0.4) is 0 Å². The van der Waals surface area contributed by atoms with E-state index in [0.717, 1.165) is 10.9 Å². The first-order chi connectivity index (χ1) is 16.7. The summed E-state index contributed by atoms with van der Waals surface area (Å²) in [6.07, 6.45) is 1.30. The van der Waals surface area contributed by atoms with Crippen LogP contribution in [0, 0.1) is 11.5 Å². The van der Waals surface area contributed by atoms with E-state index in [4.69, 9.17) is 14.2 Å². The number of nitrogens with one attached hydrogen (secondary N) is 2. The zero-order valence-corrected chi connectivity index (χ0v) is 24.4. The van der Waals surface area contributed by atoms with Crippen LogP contribution in [-0.2, 0) is 9.47 Å². The molecule has 0 bridgehead atoms. The van der Waals surface area contributed by atoms with Gasteiger partial charge >= 0.3 is 12.1 Å². The molecule has 1 amide bonds. The van der Waals surface area contributed by atoms with E-state index in [0.29, 0.717) is 33.5 Å². The van der Waals surface area contributed by atoms with Gasteiger partial charge in [0.15, 0.2) is 0 Å². The van der Waals surface area contributed by atoms with Crippen molar-refractivity contribution in [1.82, 2.24) is 10.3 Å². The SMILES string of the molecule is COC(=O)c1cc(OCCNC(=O)OC(C)(C)C)c2[nH]ccc2c1C#C[Si](C(C)C)(C(C)C)C(C)C. The van der Waals surface area contributed by atoms with Gasteiger partial charge in [0, 0.05) is 17.1 Å². The first-order valence-corrected chi connectivity index (χ1v) is 14.8. The highest BCUT2D eigenvalue weighted by Crippen LogP contribution is 2.41. The number of hydrogen-bond donors (Lipinski definition) is 2. The molecule has 2 aromatic rings. The average molecular weight is 515 g/mol. The number of amides is 1. The van der Waals surface area contributed by atoms with Gasteiger partial charge in [-0.2, -0.15) is 0 Å². The molecule has 0 aliphatic rings. The van der Waals surface area contributed by atoms with E-state index in [9.17, 15) is 9.59 Å². The largest absolute Gasteiger partial charge is 0.490 e. The molecular weight excluding hydrogens is 472 g/mol. The lowest BCUT2D eigenvalue weighted by Gasteiger charge is -2.38. The topological polar surface area (TPSA) is 89.7 Å². The third-order valence-electron chi connectivity index (χ3n) is 6.51. The average Bonchev–Trinajstić information content (AvgIpc) is 3.25. The van der Waals surface area contributed by atoms with Crippen LogP contribution in [-0.4, -0.2) is 51.0 Å². The normalized spacial score (nSPS) is 12.0. The lowest BCUT2D eigenvalue weighted by Crippen LogP contribution is -2.43. The second kappa shape index (κ2) is 11.9. The third-order valence-corrected chi connectivity index (χ3v) is 12.8. The van der Waals surface area contributed by atoms with Crippen LogP contribution in [0.25, 0.3) is 10.9 Å². The minimum Gasteiger partial charge on any atom is -0.490 e. The van der Waals surface area contributed by atoms with Gasteiger partial charge in [-0.05, 0) is 49.5 Å². The van der Waals surface area contributed by atoms with E-state index >= 15 is 0 Å². The standard InChI is InChI=1S/C28H42N2O5Si/c1-18(2)36(19(3)4,20(5)6)16-12-21-22-11-13-29-25(22)24(17-23(21)26(31)33-10)34-15-14-30-27(32)35-28(7,8)9/h11,13,17-20,29H,14-15H2,1-10H3,(H,30,32). The number of ether oxygens (including phenoxy) is 3. The van der Waals surface area contributed by atoms with Gasteiger partial charge in [-0.3, -0.25) is 0 Å². The first kappa shape index (κ1) is 29.3. The van der Waals surface area contributed by atoms with Crippen LogP contribution >= 0.6 is 0 Å². The number of fused-ring (bicyclic) bond motifs is 1. The van der Waals surface area contributed by atoms with E-state index in [2.05, 4.69) is 63.3 Å². The minimum atomic E-state index is -2.02. The smallest absolute Gasteiger partial charge is 0.407 e. The molecule has 1 heterocycles. The zero-order chi connectivity index (χ0) is 27.3. The number of alkyl carbamates (subject to hydrolysis) is 1. The number of aromatic amines is 1. The van der Waals surface area contributed by atoms with Crippen LogP contribution in [0.5, 0.6) is 5.75 Å². The fourth-order valence-corrected chi connectivity index (χ4v) is 10.2. The predicted octanol–water partition coefficient (Wildman–Crippen LogP) is 6.43. The second-order valence-corrected chi connectivity index (χ2v) is 16.6. The maximum atomic E-state index is 12.8. The van der Waals surface area contributed by atoms with Crippen LogP contribution in [0.1, 0.15) is 78.2 Å². The van der Waals surface area contributed by atoms with Gasteiger partial charge in [0.2, 0.25) is 0 Å². The van der Waals surface area contributed by atoms with Crippen molar-refractivity contribution in [2.45, 2.75) is 84.5 Å². The van der Waals surface area contributed by atoms with Gasteiger partial charge in [-0.1, -0.05) is 47.5 Å². The van der Waals surface area contributed by atoms with Gasteiger partial charge in [0.05, 0.1) is 24.7 Å². The lowest BCUT2D eigenvalue weighted by atomic mass is 10.0. The van der Waals surface area contributed by atoms with Gasteiger partial charge < -0.3 is 24.5 Å². The number of benzene rings is 1. The number of methoxy groups -OCH3 is 1. The maximum Gasteiger partial charge on any atom is 0.407 e. The molecule has 0 fully saturated rings. The van der Waals surface area contributed by atoms with E-state index in [1.54, 1.807) is 33.0 Å². The number of aromatic nitrogens is 1. The van der Waals surface area contributed by atoms with Crippen molar-refractivity contribution in [3.8, 4) is 17.2 Å². The number of carbonyl (C=O) groups is 2.